The Hall–Kier alpha value is -3.62. The normalized spacial score (nSPS) is 15.8. The summed E-state index contributed by atoms with van der Waals surface area (Å²) in [6.07, 6.45) is 1.49. The molecule has 1 fully saturated rings. The fourth-order valence-electron chi connectivity index (χ4n) is 3.52. The van der Waals surface area contributed by atoms with E-state index in [1.54, 1.807) is 18.1 Å². The van der Waals surface area contributed by atoms with Gasteiger partial charge in [-0.3, -0.25) is 0 Å². The van der Waals surface area contributed by atoms with Crippen molar-refractivity contribution in [3.05, 3.63) is 54.2 Å². The molecule has 2 heterocycles. The van der Waals surface area contributed by atoms with Crippen LogP contribution in [0.1, 0.15) is 24.8 Å². The fourth-order valence-corrected chi connectivity index (χ4v) is 3.52. The van der Waals surface area contributed by atoms with Crippen LogP contribution in [0.2, 0.25) is 0 Å². The highest BCUT2D eigenvalue weighted by Crippen LogP contribution is 2.34. The summed E-state index contributed by atoms with van der Waals surface area (Å²) in [5.74, 6) is 0.942. The van der Waals surface area contributed by atoms with Crippen molar-refractivity contribution in [1.82, 2.24) is 15.0 Å². The Labute approximate surface area is 172 Å². The van der Waals surface area contributed by atoms with Crippen LogP contribution in [-0.2, 0) is 0 Å². The molecule has 0 aliphatic carbocycles. The van der Waals surface area contributed by atoms with Gasteiger partial charge in [-0.05, 0) is 37.1 Å². The Morgan fingerprint density at radius 3 is 2.77 bits per heavy atom. The van der Waals surface area contributed by atoms with Gasteiger partial charge in [0.05, 0.1) is 19.8 Å². The topological polar surface area (TPSA) is 89.7 Å². The van der Waals surface area contributed by atoms with E-state index in [1.165, 1.54) is 19.2 Å². The number of ether oxygens (including phenoxy) is 2. The molecule has 2 amide bonds. The number of rotatable bonds is 5. The first-order valence-electron chi connectivity index (χ1n) is 9.49. The fraction of sp³-hybridized carbons (Fsp3) is 0.286. The number of para-hydroxylation sites is 1. The van der Waals surface area contributed by atoms with E-state index in [1.807, 2.05) is 24.3 Å². The Bertz CT molecular complexity index is 1050. The van der Waals surface area contributed by atoms with Crippen LogP contribution in [0.15, 0.2) is 47.0 Å². The van der Waals surface area contributed by atoms with Crippen LogP contribution < -0.4 is 14.8 Å². The second-order valence-corrected chi connectivity index (χ2v) is 6.79. The Morgan fingerprint density at radius 2 is 2.00 bits per heavy atom. The predicted molar refractivity (Wildman–Crippen MR) is 107 cm³/mol. The van der Waals surface area contributed by atoms with Gasteiger partial charge in [-0.15, -0.1) is 0 Å². The molecule has 30 heavy (non-hydrogen) atoms. The van der Waals surface area contributed by atoms with Crippen LogP contribution >= 0.6 is 0 Å². The minimum atomic E-state index is -0.549. The number of hydrogen-bond donors (Lipinski definition) is 1. The minimum Gasteiger partial charge on any atom is -0.496 e. The summed E-state index contributed by atoms with van der Waals surface area (Å²) in [6, 6.07) is 10.9. The third kappa shape index (κ3) is 3.78. The lowest BCUT2D eigenvalue weighted by Gasteiger charge is -2.22. The molecule has 1 N–H and O–H groups in total. The highest BCUT2D eigenvalue weighted by atomic mass is 19.1. The van der Waals surface area contributed by atoms with E-state index >= 15 is 0 Å². The van der Waals surface area contributed by atoms with Crippen LogP contribution in [0.3, 0.4) is 0 Å². The Kier molecular flexibility index (Phi) is 5.51. The van der Waals surface area contributed by atoms with Gasteiger partial charge in [0.1, 0.15) is 11.8 Å². The van der Waals surface area contributed by atoms with Crippen LogP contribution in [0.4, 0.5) is 14.9 Å². The van der Waals surface area contributed by atoms with Gasteiger partial charge >= 0.3 is 6.03 Å². The molecule has 4 rings (SSSR count). The van der Waals surface area contributed by atoms with Gasteiger partial charge < -0.3 is 24.2 Å². The van der Waals surface area contributed by atoms with Gasteiger partial charge in [0.2, 0.25) is 11.7 Å². The molecule has 0 bridgehead atoms. The maximum Gasteiger partial charge on any atom is 0.322 e. The highest BCUT2D eigenvalue weighted by Gasteiger charge is 2.34. The van der Waals surface area contributed by atoms with Crippen LogP contribution in [0.25, 0.3) is 11.4 Å². The molecule has 1 aliphatic rings. The number of halogens is 1. The number of amides is 2. The first kappa shape index (κ1) is 19.7. The van der Waals surface area contributed by atoms with Crippen molar-refractivity contribution in [3.63, 3.8) is 0 Å². The van der Waals surface area contributed by atoms with Crippen molar-refractivity contribution in [3.8, 4) is 22.9 Å². The van der Waals surface area contributed by atoms with E-state index in [9.17, 15) is 9.18 Å². The van der Waals surface area contributed by atoms with Gasteiger partial charge in [0.25, 0.3) is 0 Å². The quantitative estimate of drug-likeness (QED) is 0.673. The summed E-state index contributed by atoms with van der Waals surface area (Å²) in [5.41, 5.74) is 1.04. The molecule has 2 aromatic carbocycles. The molecular formula is C21H21FN4O4. The van der Waals surface area contributed by atoms with E-state index in [4.69, 9.17) is 14.0 Å². The minimum absolute atomic E-state index is 0.113. The first-order chi connectivity index (χ1) is 14.6. The van der Waals surface area contributed by atoms with Crippen LogP contribution in [0.5, 0.6) is 11.5 Å². The average molecular weight is 412 g/mol. The third-order valence-electron chi connectivity index (χ3n) is 4.99. The number of anilines is 1. The molecule has 8 nitrogen and oxygen atoms in total. The van der Waals surface area contributed by atoms with Crippen LogP contribution in [0, 0.1) is 5.82 Å². The molecule has 1 atom stereocenters. The third-order valence-corrected chi connectivity index (χ3v) is 4.99. The molecule has 0 unspecified atom stereocenters. The predicted octanol–water partition coefficient (Wildman–Crippen LogP) is 4.26. The summed E-state index contributed by atoms with van der Waals surface area (Å²) in [7, 11) is 2.96. The van der Waals surface area contributed by atoms with Crippen molar-refractivity contribution in [2.45, 2.75) is 18.9 Å². The zero-order valence-electron chi connectivity index (χ0n) is 16.6. The largest absolute Gasteiger partial charge is 0.496 e. The molecule has 0 saturated carbocycles. The number of nitrogens with zero attached hydrogens (tertiary/aromatic N) is 3. The standard InChI is InChI=1S/C21H21FN4O4/c1-28-17-8-4-3-6-14(17)19-24-20(30-25-19)16-7-5-11-26(16)21(27)23-13-9-10-18(29-2)15(22)12-13/h3-4,6,8-10,12,16H,5,7,11H2,1-2H3,(H,23,27)/t16-/m1/s1. The van der Waals surface area contributed by atoms with Gasteiger partial charge in [0.15, 0.2) is 11.6 Å². The summed E-state index contributed by atoms with van der Waals surface area (Å²) >= 11 is 0. The monoisotopic (exact) mass is 412 g/mol. The number of benzene rings is 2. The first-order valence-corrected chi connectivity index (χ1v) is 9.49. The lowest BCUT2D eigenvalue weighted by atomic mass is 10.2. The molecular weight excluding hydrogens is 391 g/mol. The maximum absolute atomic E-state index is 13.9. The van der Waals surface area contributed by atoms with E-state index < -0.39 is 5.82 Å². The van der Waals surface area contributed by atoms with Crippen molar-refractivity contribution in [2.24, 2.45) is 0 Å². The van der Waals surface area contributed by atoms with Gasteiger partial charge in [-0.1, -0.05) is 17.3 Å². The molecule has 1 aliphatic heterocycles. The van der Waals surface area contributed by atoms with Crippen LogP contribution in [-0.4, -0.2) is 41.8 Å². The molecule has 9 heteroatoms. The number of aromatic nitrogens is 2. The van der Waals surface area contributed by atoms with Crippen molar-refractivity contribution in [1.29, 1.82) is 0 Å². The smallest absolute Gasteiger partial charge is 0.322 e. The summed E-state index contributed by atoms with van der Waals surface area (Å²) < 4.78 is 29.6. The number of carbonyl (C=O) groups is 1. The lowest BCUT2D eigenvalue weighted by Crippen LogP contribution is -2.34. The number of urea groups is 1. The van der Waals surface area contributed by atoms with Gasteiger partial charge in [-0.2, -0.15) is 4.98 Å². The van der Waals surface area contributed by atoms with Crippen molar-refractivity contribution < 1.29 is 23.2 Å². The molecule has 1 aromatic heterocycles. The molecule has 1 saturated heterocycles. The number of likely N-dealkylation sites (tertiary alicyclic amines) is 1. The van der Waals surface area contributed by atoms with E-state index in [0.29, 0.717) is 41.7 Å². The number of hydrogen-bond acceptors (Lipinski definition) is 6. The van der Waals surface area contributed by atoms with Crippen molar-refractivity contribution >= 4 is 11.7 Å². The van der Waals surface area contributed by atoms with Gasteiger partial charge in [-0.25, -0.2) is 9.18 Å². The van der Waals surface area contributed by atoms with E-state index in [2.05, 4.69) is 15.5 Å². The average Bonchev–Trinajstić information content (AvgIpc) is 3.43. The summed E-state index contributed by atoms with van der Waals surface area (Å²) in [4.78, 5) is 18.9. The van der Waals surface area contributed by atoms with Crippen molar-refractivity contribution in [2.75, 3.05) is 26.1 Å². The second kappa shape index (κ2) is 8.40. The van der Waals surface area contributed by atoms with Gasteiger partial charge in [0, 0.05) is 18.3 Å². The Morgan fingerprint density at radius 1 is 1.20 bits per heavy atom. The number of carbonyl (C=O) groups excluding carboxylic acids is 1. The number of nitrogens with one attached hydrogen (secondary N) is 1. The molecule has 156 valence electrons. The molecule has 3 aromatic rings. The van der Waals surface area contributed by atoms with E-state index in [0.717, 1.165) is 6.42 Å². The summed E-state index contributed by atoms with van der Waals surface area (Å²) in [5, 5.41) is 6.77. The summed E-state index contributed by atoms with van der Waals surface area (Å²) in [6.45, 7) is 0.529. The lowest BCUT2D eigenvalue weighted by molar-refractivity contribution is 0.193. The molecule has 0 radical (unpaired) electrons. The Balaban J connectivity index is 1.52. The number of methoxy groups -OCH3 is 2. The zero-order chi connectivity index (χ0) is 21.1. The highest BCUT2D eigenvalue weighted by molar-refractivity contribution is 5.89. The second-order valence-electron chi connectivity index (χ2n) is 6.79. The zero-order valence-corrected chi connectivity index (χ0v) is 16.6. The van der Waals surface area contributed by atoms with E-state index in [-0.39, 0.29) is 17.8 Å². The SMILES string of the molecule is COc1ccc(NC(=O)N2CCC[C@@H]2c2nc(-c3ccccc3OC)no2)cc1F. The maximum atomic E-state index is 13.9. The molecule has 0 spiro atoms.